The van der Waals surface area contributed by atoms with Gasteiger partial charge in [-0.25, -0.2) is 4.98 Å². The zero-order chi connectivity index (χ0) is 15.0. The van der Waals surface area contributed by atoms with E-state index in [1.165, 1.54) is 0 Å². The lowest BCUT2D eigenvalue weighted by molar-refractivity contribution is -0.0445. The van der Waals surface area contributed by atoms with Crippen LogP contribution in [0.4, 0.5) is 0 Å². The molecular weight excluding hydrogens is 288 g/mol. The van der Waals surface area contributed by atoms with Gasteiger partial charge in [-0.05, 0) is 37.3 Å². The van der Waals surface area contributed by atoms with Crippen LogP contribution in [0.25, 0.3) is 0 Å². The van der Waals surface area contributed by atoms with E-state index in [4.69, 9.17) is 16.3 Å². The van der Waals surface area contributed by atoms with Crippen LogP contribution in [-0.4, -0.2) is 41.1 Å². The van der Waals surface area contributed by atoms with Crippen molar-refractivity contribution >= 4 is 17.5 Å². The van der Waals surface area contributed by atoms with Gasteiger partial charge in [-0.1, -0.05) is 25.4 Å². The van der Waals surface area contributed by atoms with E-state index in [1.54, 1.807) is 6.07 Å². The molecule has 0 bridgehead atoms. The maximum atomic E-state index is 12.9. The van der Waals surface area contributed by atoms with Gasteiger partial charge in [-0.3, -0.25) is 4.79 Å². The molecule has 0 N–H and O–H groups in total. The van der Waals surface area contributed by atoms with Crippen molar-refractivity contribution in [3.63, 3.8) is 0 Å². The number of fused-ring (bicyclic) bond motifs is 1. The van der Waals surface area contributed by atoms with Crippen LogP contribution < -0.4 is 0 Å². The molecule has 2 unspecified atom stereocenters. The predicted octanol–water partition coefficient (Wildman–Crippen LogP) is 3.25. The Hall–Kier alpha value is -1.13. The maximum absolute atomic E-state index is 12.9. The van der Waals surface area contributed by atoms with Crippen LogP contribution >= 0.6 is 11.6 Å². The number of hydrogen-bond donors (Lipinski definition) is 0. The van der Waals surface area contributed by atoms with Gasteiger partial charge in [0.25, 0.3) is 5.91 Å². The Labute approximate surface area is 130 Å². The summed E-state index contributed by atoms with van der Waals surface area (Å²) in [5.41, 5.74) is 1.51. The Morgan fingerprint density at radius 3 is 3.00 bits per heavy atom. The lowest BCUT2D eigenvalue weighted by atomic mass is 10.0. The molecule has 0 aromatic carbocycles. The molecule has 1 aliphatic carbocycles. The molecule has 0 spiro atoms. The highest BCUT2D eigenvalue weighted by Crippen LogP contribution is 2.31. The first-order valence-electron chi connectivity index (χ1n) is 7.66. The number of carbonyl (C=O) groups is 1. The smallest absolute Gasteiger partial charge is 0.254 e. The first-order chi connectivity index (χ1) is 10.1. The third kappa shape index (κ3) is 2.92. The molecule has 1 saturated carbocycles. The van der Waals surface area contributed by atoms with E-state index < -0.39 is 0 Å². The van der Waals surface area contributed by atoms with Crippen molar-refractivity contribution in [2.45, 2.75) is 51.2 Å². The summed E-state index contributed by atoms with van der Waals surface area (Å²) < 4.78 is 5.77. The van der Waals surface area contributed by atoms with Gasteiger partial charge < -0.3 is 9.64 Å². The molecule has 1 aromatic heterocycles. The van der Waals surface area contributed by atoms with Crippen molar-refractivity contribution in [1.29, 1.82) is 0 Å². The number of hydrogen-bond acceptors (Lipinski definition) is 3. The highest BCUT2D eigenvalue weighted by atomic mass is 35.5. The SMILES string of the molecule is CC(C)c1cc(C(=O)N2CCOC3CCCC32)cc(Cl)n1. The number of carbonyl (C=O) groups excluding carboxylic acids is 1. The molecule has 1 saturated heterocycles. The summed E-state index contributed by atoms with van der Waals surface area (Å²) in [6.45, 7) is 5.39. The third-order valence-corrected chi connectivity index (χ3v) is 4.59. The van der Waals surface area contributed by atoms with E-state index in [0.29, 0.717) is 23.9 Å². The van der Waals surface area contributed by atoms with Crippen LogP contribution in [0.15, 0.2) is 12.1 Å². The van der Waals surface area contributed by atoms with Gasteiger partial charge >= 0.3 is 0 Å². The Kier molecular flexibility index (Phi) is 4.18. The van der Waals surface area contributed by atoms with Crippen molar-refractivity contribution in [2.24, 2.45) is 0 Å². The minimum absolute atomic E-state index is 0.0569. The van der Waals surface area contributed by atoms with Crippen molar-refractivity contribution in [3.05, 3.63) is 28.5 Å². The van der Waals surface area contributed by atoms with Gasteiger partial charge in [0.2, 0.25) is 0 Å². The highest BCUT2D eigenvalue weighted by molar-refractivity contribution is 6.29. The van der Waals surface area contributed by atoms with Crippen molar-refractivity contribution in [2.75, 3.05) is 13.2 Å². The molecule has 5 heteroatoms. The number of pyridine rings is 1. The fourth-order valence-electron chi connectivity index (χ4n) is 3.28. The normalized spacial score (nSPS) is 25.2. The second-order valence-electron chi connectivity index (χ2n) is 6.16. The molecule has 1 amide bonds. The lowest BCUT2D eigenvalue weighted by Gasteiger charge is -2.37. The summed E-state index contributed by atoms with van der Waals surface area (Å²) >= 11 is 6.08. The average molecular weight is 309 g/mol. The van der Waals surface area contributed by atoms with Crippen LogP contribution in [0.5, 0.6) is 0 Å². The van der Waals surface area contributed by atoms with E-state index in [2.05, 4.69) is 18.8 Å². The predicted molar refractivity (Wildman–Crippen MR) is 81.8 cm³/mol. The number of rotatable bonds is 2. The van der Waals surface area contributed by atoms with E-state index in [-0.39, 0.29) is 24.0 Å². The van der Waals surface area contributed by atoms with Crippen molar-refractivity contribution in [1.82, 2.24) is 9.88 Å². The topological polar surface area (TPSA) is 42.4 Å². The molecule has 2 fully saturated rings. The number of morpholine rings is 1. The van der Waals surface area contributed by atoms with Gasteiger partial charge in [0.15, 0.2) is 0 Å². The largest absolute Gasteiger partial charge is 0.374 e. The van der Waals surface area contributed by atoms with Crippen LogP contribution in [0, 0.1) is 0 Å². The van der Waals surface area contributed by atoms with E-state index in [0.717, 1.165) is 25.0 Å². The summed E-state index contributed by atoms with van der Waals surface area (Å²) in [6.07, 6.45) is 3.44. The lowest BCUT2D eigenvalue weighted by Crippen LogP contribution is -2.51. The number of aromatic nitrogens is 1. The monoisotopic (exact) mass is 308 g/mol. The van der Waals surface area contributed by atoms with Gasteiger partial charge in [-0.15, -0.1) is 0 Å². The molecule has 1 aromatic rings. The fourth-order valence-corrected chi connectivity index (χ4v) is 3.50. The molecule has 0 radical (unpaired) electrons. The molecule has 2 atom stereocenters. The zero-order valence-corrected chi connectivity index (χ0v) is 13.3. The van der Waals surface area contributed by atoms with Gasteiger partial charge in [-0.2, -0.15) is 0 Å². The van der Waals surface area contributed by atoms with E-state index >= 15 is 0 Å². The van der Waals surface area contributed by atoms with E-state index in [9.17, 15) is 4.79 Å². The summed E-state index contributed by atoms with van der Waals surface area (Å²) in [5, 5.41) is 0.390. The van der Waals surface area contributed by atoms with Crippen molar-refractivity contribution in [3.8, 4) is 0 Å². The minimum atomic E-state index is 0.0569. The number of halogens is 1. The van der Waals surface area contributed by atoms with Gasteiger partial charge in [0.05, 0.1) is 18.8 Å². The summed E-state index contributed by atoms with van der Waals surface area (Å²) in [6, 6.07) is 3.77. The van der Waals surface area contributed by atoms with Gasteiger partial charge in [0, 0.05) is 17.8 Å². The number of ether oxygens (including phenoxy) is 1. The second-order valence-corrected chi connectivity index (χ2v) is 6.55. The molecule has 114 valence electrons. The quantitative estimate of drug-likeness (QED) is 0.788. The minimum Gasteiger partial charge on any atom is -0.374 e. The Bertz CT molecular complexity index is 547. The van der Waals surface area contributed by atoms with Crippen LogP contribution in [-0.2, 0) is 4.74 Å². The Balaban J connectivity index is 1.87. The fraction of sp³-hybridized carbons (Fsp3) is 0.625. The average Bonchev–Trinajstić information content (AvgIpc) is 2.94. The van der Waals surface area contributed by atoms with Crippen LogP contribution in [0.2, 0.25) is 5.15 Å². The van der Waals surface area contributed by atoms with Crippen LogP contribution in [0.1, 0.15) is 55.1 Å². The molecule has 2 heterocycles. The van der Waals surface area contributed by atoms with Crippen LogP contribution in [0.3, 0.4) is 0 Å². The third-order valence-electron chi connectivity index (χ3n) is 4.40. The second kappa shape index (κ2) is 5.93. The Morgan fingerprint density at radius 1 is 1.43 bits per heavy atom. The summed E-state index contributed by atoms with van der Waals surface area (Å²) in [5.74, 6) is 0.306. The van der Waals surface area contributed by atoms with Gasteiger partial charge in [0.1, 0.15) is 5.15 Å². The Morgan fingerprint density at radius 2 is 2.24 bits per heavy atom. The van der Waals surface area contributed by atoms with Crippen molar-refractivity contribution < 1.29 is 9.53 Å². The summed E-state index contributed by atoms with van der Waals surface area (Å²) in [7, 11) is 0. The number of amides is 1. The maximum Gasteiger partial charge on any atom is 0.254 e. The molecule has 2 aliphatic rings. The highest BCUT2D eigenvalue weighted by Gasteiger charge is 2.38. The molecule has 3 rings (SSSR count). The molecule has 4 nitrogen and oxygen atoms in total. The zero-order valence-electron chi connectivity index (χ0n) is 12.5. The summed E-state index contributed by atoms with van der Waals surface area (Å²) in [4.78, 5) is 19.1. The molecule has 1 aliphatic heterocycles. The number of nitrogens with zero attached hydrogens (tertiary/aromatic N) is 2. The first-order valence-corrected chi connectivity index (χ1v) is 8.04. The first kappa shape index (κ1) is 14.8. The van der Waals surface area contributed by atoms with E-state index in [1.807, 2.05) is 11.0 Å². The standard InChI is InChI=1S/C16H21ClN2O2/c1-10(2)12-8-11(9-15(17)18-12)16(20)19-6-7-21-14-5-3-4-13(14)19/h8-10,13-14H,3-7H2,1-2H3. The molecular formula is C16H21ClN2O2. The molecule has 21 heavy (non-hydrogen) atoms.